The van der Waals surface area contributed by atoms with Crippen molar-refractivity contribution in [1.82, 2.24) is 15.3 Å². The molecule has 3 rings (SSSR count). The summed E-state index contributed by atoms with van der Waals surface area (Å²) in [5.74, 6) is 1.40. The van der Waals surface area contributed by atoms with E-state index < -0.39 is 0 Å². The van der Waals surface area contributed by atoms with Gasteiger partial charge in [0.2, 0.25) is 0 Å². The number of carbonyl (C=O) groups excluding carboxylic acids is 1. The number of carbonyl (C=O) groups is 1. The number of H-pyrrole nitrogens is 1. The number of nitrogens with zero attached hydrogens (tertiary/aromatic N) is 1. The summed E-state index contributed by atoms with van der Waals surface area (Å²) in [6.07, 6.45) is 2.31. The molecule has 0 unspecified atom stereocenters. The first-order valence-electron chi connectivity index (χ1n) is 8.65. The van der Waals surface area contributed by atoms with Gasteiger partial charge in [-0.15, -0.1) is 0 Å². The molecule has 2 N–H and O–H groups in total. The van der Waals surface area contributed by atoms with Gasteiger partial charge in [0, 0.05) is 18.5 Å². The molecule has 1 amide bonds. The van der Waals surface area contributed by atoms with Gasteiger partial charge in [0.15, 0.2) is 0 Å². The highest BCUT2D eigenvalue weighted by Gasteiger charge is 2.09. The second kappa shape index (κ2) is 7.87. The molecule has 0 atom stereocenters. The number of imidazole rings is 1. The van der Waals surface area contributed by atoms with Gasteiger partial charge in [-0.2, -0.15) is 0 Å². The third kappa shape index (κ3) is 3.94. The zero-order valence-corrected chi connectivity index (χ0v) is 15.1. The summed E-state index contributed by atoms with van der Waals surface area (Å²) in [6, 6.07) is 11.2. The largest absolute Gasteiger partial charge is 0.490 e. The number of hydrogen-bond donors (Lipinski definition) is 2. The van der Waals surface area contributed by atoms with Crippen LogP contribution in [0, 0.1) is 13.8 Å². The van der Waals surface area contributed by atoms with Gasteiger partial charge in [0.1, 0.15) is 18.2 Å². The lowest BCUT2D eigenvalue weighted by Gasteiger charge is -2.07. The van der Waals surface area contributed by atoms with Gasteiger partial charge in [0.25, 0.3) is 5.91 Å². The van der Waals surface area contributed by atoms with Crippen LogP contribution in [-0.2, 0) is 6.42 Å². The predicted octanol–water partition coefficient (Wildman–Crippen LogP) is 3.72. The van der Waals surface area contributed by atoms with E-state index in [1.54, 1.807) is 24.3 Å². The normalized spacial score (nSPS) is 10.7. The van der Waals surface area contributed by atoms with Crippen molar-refractivity contribution in [1.29, 1.82) is 0 Å². The number of aromatic amines is 1. The smallest absolute Gasteiger partial charge is 0.251 e. The van der Waals surface area contributed by atoms with Gasteiger partial charge >= 0.3 is 0 Å². The molecule has 3 aromatic rings. The van der Waals surface area contributed by atoms with E-state index in [2.05, 4.69) is 41.8 Å². The van der Waals surface area contributed by atoms with Crippen LogP contribution >= 0.6 is 0 Å². The molecule has 0 saturated carbocycles. The quantitative estimate of drug-likeness (QED) is 0.639. The van der Waals surface area contributed by atoms with E-state index in [1.807, 2.05) is 12.1 Å². The molecule has 0 spiro atoms. The van der Waals surface area contributed by atoms with E-state index in [9.17, 15) is 4.79 Å². The van der Waals surface area contributed by atoms with Crippen molar-refractivity contribution in [2.75, 3.05) is 13.2 Å². The Hall–Kier alpha value is -3.08. The van der Waals surface area contributed by atoms with Crippen molar-refractivity contribution in [3.63, 3.8) is 0 Å². The van der Waals surface area contributed by atoms with Gasteiger partial charge in [0.05, 0.1) is 11.0 Å². The average Bonchev–Trinajstić information content (AvgIpc) is 3.07. The fourth-order valence-electron chi connectivity index (χ4n) is 2.76. The number of benzene rings is 2. The molecule has 0 aliphatic heterocycles. The lowest BCUT2D eigenvalue weighted by molar-refractivity contribution is 0.0953. The summed E-state index contributed by atoms with van der Waals surface area (Å²) >= 11 is 0. The Labute approximate surface area is 153 Å². The molecule has 0 aliphatic carbocycles. The van der Waals surface area contributed by atoms with Gasteiger partial charge in [-0.1, -0.05) is 24.8 Å². The molecular weight excluding hydrogens is 326 g/mol. The maximum absolute atomic E-state index is 12.3. The maximum atomic E-state index is 12.3. The van der Waals surface area contributed by atoms with Gasteiger partial charge in [-0.3, -0.25) is 4.79 Å². The number of aromatic nitrogens is 2. The lowest BCUT2D eigenvalue weighted by Crippen LogP contribution is -2.25. The molecule has 5 nitrogen and oxygen atoms in total. The standard InChI is InChI=1S/C21H23N3O2/c1-4-12-26-17-7-5-6-16(13-17)21(25)22-11-10-19-23-18-9-8-14(2)15(3)20(18)24-19/h4-9,13H,1,10-12H2,2-3H3,(H,22,25)(H,23,24). The summed E-state index contributed by atoms with van der Waals surface area (Å²) < 4.78 is 5.46. The highest BCUT2D eigenvalue weighted by Crippen LogP contribution is 2.19. The molecule has 134 valence electrons. The van der Waals surface area contributed by atoms with Crippen LogP contribution in [0.25, 0.3) is 11.0 Å². The molecule has 0 fully saturated rings. The van der Waals surface area contributed by atoms with Crippen molar-refractivity contribution in [2.45, 2.75) is 20.3 Å². The van der Waals surface area contributed by atoms with Gasteiger partial charge in [-0.25, -0.2) is 4.98 Å². The van der Waals surface area contributed by atoms with Crippen molar-refractivity contribution in [2.24, 2.45) is 0 Å². The minimum Gasteiger partial charge on any atom is -0.490 e. The van der Waals surface area contributed by atoms with Gasteiger partial charge < -0.3 is 15.0 Å². The number of nitrogens with one attached hydrogen (secondary N) is 2. The van der Waals surface area contributed by atoms with Crippen molar-refractivity contribution in [3.05, 3.63) is 71.6 Å². The first-order chi connectivity index (χ1) is 12.6. The first kappa shape index (κ1) is 17.7. The number of rotatable bonds is 7. The van der Waals surface area contributed by atoms with Crippen molar-refractivity contribution >= 4 is 16.9 Å². The highest BCUT2D eigenvalue weighted by atomic mass is 16.5. The van der Waals surface area contributed by atoms with E-state index >= 15 is 0 Å². The molecular formula is C21H23N3O2. The molecule has 0 aliphatic rings. The number of ether oxygens (including phenoxy) is 1. The molecule has 2 aromatic carbocycles. The Kier molecular flexibility index (Phi) is 5.37. The Balaban J connectivity index is 1.60. The maximum Gasteiger partial charge on any atom is 0.251 e. The first-order valence-corrected chi connectivity index (χ1v) is 8.65. The Bertz CT molecular complexity index is 944. The van der Waals surface area contributed by atoms with E-state index in [1.165, 1.54) is 11.1 Å². The zero-order valence-electron chi connectivity index (χ0n) is 15.1. The van der Waals surface area contributed by atoms with Crippen LogP contribution in [0.4, 0.5) is 0 Å². The van der Waals surface area contributed by atoms with Crippen LogP contribution < -0.4 is 10.1 Å². The van der Waals surface area contributed by atoms with E-state index in [-0.39, 0.29) is 5.91 Å². The Morgan fingerprint density at radius 1 is 1.31 bits per heavy atom. The molecule has 26 heavy (non-hydrogen) atoms. The Morgan fingerprint density at radius 2 is 2.15 bits per heavy atom. The molecule has 0 radical (unpaired) electrons. The summed E-state index contributed by atoms with van der Waals surface area (Å²) in [4.78, 5) is 20.3. The van der Waals surface area contributed by atoms with Crippen LogP contribution in [0.2, 0.25) is 0 Å². The molecule has 0 saturated heterocycles. The van der Waals surface area contributed by atoms with Crippen LogP contribution in [-0.4, -0.2) is 29.0 Å². The van der Waals surface area contributed by atoms with E-state index in [0.717, 1.165) is 16.9 Å². The van der Waals surface area contributed by atoms with Crippen LogP contribution in [0.1, 0.15) is 27.3 Å². The van der Waals surface area contributed by atoms with Crippen LogP contribution in [0.3, 0.4) is 0 Å². The molecule has 1 heterocycles. The lowest BCUT2D eigenvalue weighted by atomic mass is 10.1. The fourth-order valence-corrected chi connectivity index (χ4v) is 2.76. The summed E-state index contributed by atoms with van der Waals surface area (Å²) in [5, 5.41) is 2.93. The highest BCUT2D eigenvalue weighted by molar-refractivity contribution is 5.94. The second-order valence-electron chi connectivity index (χ2n) is 6.22. The van der Waals surface area contributed by atoms with E-state index in [4.69, 9.17) is 4.74 Å². The predicted molar refractivity (Wildman–Crippen MR) is 104 cm³/mol. The van der Waals surface area contributed by atoms with Crippen molar-refractivity contribution in [3.8, 4) is 5.75 Å². The number of amides is 1. The monoisotopic (exact) mass is 349 g/mol. The number of fused-ring (bicyclic) bond motifs is 1. The van der Waals surface area contributed by atoms with Crippen molar-refractivity contribution < 1.29 is 9.53 Å². The third-order valence-corrected chi connectivity index (χ3v) is 4.34. The summed E-state index contributed by atoms with van der Waals surface area (Å²) in [5.41, 5.74) is 5.01. The second-order valence-corrected chi connectivity index (χ2v) is 6.22. The average molecular weight is 349 g/mol. The minimum atomic E-state index is -0.128. The summed E-state index contributed by atoms with van der Waals surface area (Å²) in [6.45, 7) is 8.69. The molecule has 5 heteroatoms. The number of hydrogen-bond acceptors (Lipinski definition) is 3. The molecule has 0 bridgehead atoms. The topological polar surface area (TPSA) is 67.0 Å². The summed E-state index contributed by atoms with van der Waals surface area (Å²) in [7, 11) is 0. The van der Waals surface area contributed by atoms with Gasteiger partial charge in [-0.05, 0) is 49.2 Å². The van der Waals surface area contributed by atoms with Crippen LogP contribution in [0.5, 0.6) is 5.75 Å². The minimum absolute atomic E-state index is 0.128. The third-order valence-electron chi connectivity index (χ3n) is 4.34. The number of aryl methyl sites for hydroxylation is 2. The SMILES string of the molecule is C=CCOc1cccc(C(=O)NCCc2nc3c(C)c(C)ccc3[nH]2)c1. The van der Waals surface area contributed by atoms with Crippen LogP contribution in [0.15, 0.2) is 49.1 Å². The van der Waals surface area contributed by atoms with E-state index in [0.29, 0.717) is 30.9 Å². The molecule has 1 aromatic heterocycles. The zero-order chi connectivity index (χ0) is 18.5. The fraction of sp³-hybridized carbons (Fsp3) is 0.238. The Morgan fingerprint density at radius 3 is 2.96 bits per heavy atom.